The van der Waals surface area contributed by atoms with E-state index in [1.165, 1.54) is 33.3 Å². The highest BCUT2D eigenvalue weighted by Gasteiger charge is 2.67. The van der Waals surface area contributed by atoms with Gasteiger partial charge in [-0.2, -0.15) is 0 Å². The van der Waals surface area contributed by atoms with Crippen molar-refractivity contribution in [1.29, 1.82) is 0 Å². The van der Waals surface area contributed by atoms with Gasteiger partial charge in [-0.1, -0.05) is 0 Å². The molecule has 2 bridgehead atoms. The van der Waals surface area contributed by atoms with Crippen molar-refractivity contribution in [2.75, 3.05) is 13.7 Å². The molecule has 5 atom stereocenters. The average molecular weight is 267 g/mol. The second-order valence-electron chi connectivity index (χ2n) is 6.57. The van der Waals surface area contributed by atoms with Crippen molar-refractivity contribution >= 4 is 11.9 Å². The van der Waals surface area contributed by atoms with Crippen LogP contribution >= 0.6 is 0 Å². The van der Waals surface area contributed by atoms with Gasteiger partial charge in [0.25, 0.3) is 0 Å². The summed E-state index contributed by atoms with van der Waals surface area (Å²) in [4.78, 5) is 23.6. The normalized spacial score (nSPS) is 41.5. The third-order valence-corrected chi connectivity index (χ3v) is 5.34. The maximum Gasteiger partial charge on any atom is 0.331 e. The van der Waals surface area contributed by atoms with E-state index >= 15 is 0 Å². The monoisotopic (exact) mass is 267 g/mol. The van der Waals surface area contributed by atoms with Crippen molar-refractivity contribution in [2.45, 2.75) is 31.7 Å². The molecule has 5 unspecified atom stereocenters. The molecule has 0 aromatic carbocycles. The van der Waals surface area contributed by atoms with E-state index in [1.54, 1.807) is 0 Å². The van der Waals surface area contributed by atoms with Crippen LogP contribution in [0.15, 0.2) is 0 Å². The number of rotatable bonds is 5. The molecule has 19 heavy (non-hydrogen) atoms. The van der Waals surface area contributed by atoms with Crippen LogP contribution < -0.4 is 5.32 Å². The molecule has 3 rings (SSSR count). The molecule has 0 aromatic heterocycles. The number of aliphatic carboxylic acids is 1. The van der Waals surface area contributed by atoms with Gasteiger partial charge in [-0.05, 0) is 49.9 Å². The largest absolute Gasteiger partial charge is 0.479 e. The van der Waals surface area contributed by atoms with Crippen LogP contribution in [0.4, 0.5) is 0 Å². The van der Waals surface area contributed by atoms with Gasteiger partial charge in [0.15, 0.2) is 5.54 Å². The highest BCUT2D eigenvalue weighted by atomic mass is 16.5. The Morgan fingerprint density at radius 2 is 1.89 bits per heavy atom. The number of carboxylic acid groups (broad SMARTS) is 1. The second-order valence-corrected chi connectivity index (χ2v) is 6.57. The van der Waals surface area contributed by atoms with Crippen LogP contribution in [-0.2, 0) is 14.3 Å². The van der Waals surface area contributed by atoms with Gasteiger partial charge in [0.1, 0.15) is 0 Å². The Morgan fingerprint density at radius 3 is 2.37 bits per heavy atom. The quantitative estimate of drug-likeness (QED) is 0.775. The molecule has 1 amide bonds. The summed E-state index contributed by atoms with van der Waals surface area (Å²) in [5, 5.41) is 11.9. The lowest BCUT2D eigenvalue weighted by molar-refractivity contribution is -0.149. The summed E-state index contributed by atoms with van der Waals surface area (Å²) in [6.07, 6.45) is 3.79. The molecule has 0 radical (unpaired) electrons. The predicted molar refractivity (Wildman–Crippen MR) is 67.4 cm³/mol. The lowest BCUT2D eigenvalue weighted by atomic mass is 9.99. The van der Waals surface area contributed by atoms with Gasteiger partial charge in [-0.3, -0.25) is 4.79 Å². The second kappa shape index (κ2) is 4.20. The first-order valence-electron chi connectivity index (χ1n) is 7.02. The van der Waals surface area contributed by atoms with Gasteiger partial charge in [0.2, 0.25) is 5.91 Å². The number of carbonyl (C=O) groups excluding carboxylic acids is 1. The smallest absolute Gasteiger partial charge is 0.331 e. The molecule has 106 valence electrons. The number of carboxylic acids is 1. The van der Waals surface area contributed by atoms with Crippen molar-refractivity contribution in [3.05, 3.63) is 0 Å². The summed E-state index contributed by atoms with van der Waals surface area (Å²) in [6.45, 7) is 1.49. The summed E-state index contributed by atoms with van der Waals surface area (Å²) in [7, 11) is 1.44. The fourth-order valence-electron chi connectivity index (χ4n) is 4.47. The Labute approximate surface area is 112 Å². The molecule has 0 heterocycles. The summed E-state index contributed by atoms with van der Waals surface area (Å²) in [6, 6.07) is 0. The zero-order valence-electron chi connectivity index (χ0n) is 11.4. The van der Waals surface area contributed by atoms with E-state index in [9.17, 15) is 14.7 Å². The minimum absolute atomic E-state index is 0.0109. The highest BCUT2D eigenvalue weighted by Crippen LogP contribution is 2.69. The van der Waals surface area contributed by atoms with Gasteiger partial charge in [-0.25, -0.2) is 4.79 Å². The zero-order valence-corrected chi connectivity index (χ0v) is 11.4. The van der Waals surface area contributed by atoms with Crippen molar-refractivity contribution in [1.82, 2.24) is 5.32 Å². The minimum atomic E-state index is -1.32. The molecule has 0 aliphatic heterocycles. The first kappa shape index (κ1) is 12.9. The maximum atomic E-state index is 12.3. The van der Waals surface area contributed by atoms with Crippen LogP contribution in [0, 0.1) is 29.6 Å². The van der Waals surface area contributed by atoms with Gasteiger partial charge in [-0.15, -0.1) is 0 Å². The Morgan fingerprint density at radius 1 is 1.32 bits per heavy atom. The van der Waals surface area contributed by atoms with Crippen LogP contribution in [-0.4, -0.2) is 36.2 Å². The Kier molecular flexibility index (Phi) is 2.85. The number of nitrogens with one attached hydrogen (secondary N) is 1. The Hall–Kier alpha value is -1.10. The third kappa shape index (κ3) is 1.86. The fraction of sp³-hybridized carbons (Fsp3) is 0.857. The van der Waals surface area contributed by atoms with Crippen molar-refractivity contribution in [3.63, 3.8) is 0 Å². The summed E-state index contributed by atoms with van der Waals surface area (Å²) in [5.74, 6) is 1.40. The lowest BCUT2D eigenvalue weighted by Crippen LogP contribution is -2.56. The minimum Gasteiger partial charge on any atom is -0.479 e. The SMILES string of the molecule is COCC(C)(NC(=O)C1C2C3CCC(C3)C12)C(=O)O. The third-order valence-electron chi connectivity index (χ3n) is 5.34. The summed E-state index contributed by atoms with van der Waals surface area (Å²) < 4.78 is 4.92. The Bertz CT molecular complexity index is 408. The Balaban J connectivity index is 1.65. The molecule has 0 saturated heterocycles. The summed E-state index contributed by atoms with van der Waals surface area (Å²) >= 11 is 0. The van der Waals surface area contributed by atoms with Crippen molar-refractivity contribution in [3.8, 4) is 0 Å². The van der Waals surface area contributed by atoms with E-state index in [0.717, 1.165) is 0 Å². The van der Waals surface area contributed by atoms with Crippen LogP contribution in [0.3, 0.4) is 0 Å². The molecule has 3 fully saturated rings. The first-order valence-corrected chi connectivity index (χ1v) is 7.02. The predicted octanol–water partition coefficient (Wildman–Crippen LogP) is 0.884. The number of methoxy groups -OCH3 is 1. The number of amides is 1. The standard InChI is InChI=1S/C14H21NO4/c1-14(6-19-2,13(17)18)15-12(16)11-9-7-3-4-8(5-7)10(9)11/h7-11H,3-6H2,1-2H3,(H,15,16)(H,17,18). The number of carbonyl (C=O) groups is 2. The molecule has 3 saturated carbocycles. The van der Waals surface area contributed by atoms with E-state index in [2.05, 4.69) is 5.32 Å². The van der Waals surface area contributed by atoms with E-state index in [0.29, 0.717) is 23.7 Å². The van der Waals surface area contributed by atoms with Crippen LogP contribution in [0.25, 0.3) is 0 Å². The lowest BCUT2D eigenvalue weighted by Gasteiger charge is -2.26. The topological polar surface area (TPSA) is 75.6 Å². The number of hydrogen-bond acceptors (Lipinski definition) is 3. The molecule has 5 nitrogen and oxygen atoms in total. The summed E-state index contributed by atoms with van der Waals surface area (Å²) in [5.41, 5.74) is -1.32. The van der Waals surface area contributed by atoms with E-state index in [1.807, 2.05) is 0 Å². The maximum absolute atomic E-state index is 12.3. The van der Waals surface area contributed by atoms with Crippen LogP contribution in [0.1, 0.15) is 26.2 Å². The molecule has 3 aliphatic rings. The van der Waals surface area contributed by atoms with E-state index in [-0.39, 0.29) is 18.4 Å². The number of ether oxygens (including phenoxy) is 1. The van der Waals surface area contributed by atoms with Crippen molar-refractivity contribution < 1.29 is 19.4 Å². The number of hydrogen-bond donors (Lipinski definition) is 2. The van der Waals surface area contributed by atoms with Gasteiger partial charge < -0.3 is 15.2 Å². The van der Waals surface area contributed by atoms with E-state index in [4.69, 9.17) is 4.74 Å². The molecule has 3 aliphatic carbocycles. The fourth-order valence-corrected chi connectivity index (χ4v) is 4.47. The molecular weight excluding hydrogens is 246 g/mol. The zero-order chi connectivity index (χ0) is 13.8. The molecule has 5 heteroatoms. The first-order chi connectivity index (χ1) is 8.98. The van der Waals surface area contributed by atoms with Gasteiger partial charge >= 0.3 is 5.97 Å². The van der Waals surface area contributed by atoms with Crippen LogP contribution in [0.5, 0.6) is 0 Å². The van der Waals surface area contributed by atoms with E-state index < -0.39 is 11.5 Å². The number of fused-ring (bicyclic) bond motifs is 5. The highest BCUT2D eigenvalue weighted by molar-refractivity contribution is 5.89. The van der Waals surface area contributed by atoms with Gasteiger partial charge in [0.05, 0.1) is 6.61 Å². The molecule has 0 aromatic rings. The average Bonchev–Trinajstić information content (AvgIpc) is 2.79. The van der Waals surface area contributed by atoms with Gasteiger partial charge in [0, 0.05) is 13.0 Å². The molecule has 0 spiro atoms. The molecular formula is C14H21NO4. The van der Waals surface area contributed by atoms with Crippen LogP contribution in [0.2, 0.25) is 0 Å². The van der Waals surface area contributed by atoms with Crippen molar-refractivity contribution in [2.24, 2.45) is 29.6 Å². The molecule has 2 N–H and O–H groups in total.